The van der Waals surface area contributed by atoms with Crippen molar-refractivity contribution in [2.45, 2.75) is 6.54 Å². The molecular formula is C19H18N2O4. The highest BCUT2D eigenvalue weighted by atomic mass is 16.5. The predicted octanol–water partition coefficient (Wildman–Crippen LogP) is 2.61. The largest absolute Gasteiger partial charge is 0.493 e. The van der Waals surface area contributed by atoms with Gasteiger partial charge in [-0.15, -0.1) is 0 Å². The van der Waals surface area contributed by atoms with Crippen LogP contribution < -0.4 is 14.2 Å². The second-order valence-corrected chi connectivity index (χ2v) is 5.65. The fraction of sp³-hybridized carbons (Fsp3) is 0.263. The number of carbonyl (C=O) groups excluding carboxylic acids is 1. The van der Waals surface area contributed by atoms with E-state index in [0.717, 1.165) is 11.1 Å². The minimum absolute atomic E-state index is 0.0396. The van der Waals surface area contributed by atoms with Crippen molar-refractivity contribution in [2.75, 3.05) is 27.4 Å². The maximum Gasteiger partial charge on any atom is 0.254 e. The Bertz CT molecular complexity index is 842. The monoisotopic (exact) mass is 338 g/mol. The third-order valence-corrected chi connectivity index (χ3v) is 3.96. The van der Waals surface area contributed by atoms with Gasteiger partial charge in [-0.25, -0.2) is 0 Å². The summed E-state index contributed by atoms with van der Waals surface area (Å²) < 4.78 is 16.6. The lowest BCUT2D eigenvalue weighted by atomic mass is 10.1. The van der Waals surface area contributed by atoms with E-state index in [1.165, 1.54) is 7.11 Å². The molecule has 128 valence electrons. The molecule has 0 radical (unpaired) electrons. The van der Waals surface area contributed by atoms with Crippen molar-refractivity contribution >= 4 is 5.91 Å². The van der Waals surface area contributed by atoms with E-state index >= 15 is 0 Å². The number of rotatable bonds is 6. The lowest BCUT2D eigenvalue weighted by molar-refractivity contribution is 0.0816. The van der Waals surface area contributed by atoms with E-state index in [0.29, 0.717) is 42.6 Å². The zero-order chi connectivity index (χ0) is 17.8. The molecule has 1 heterocycles. The summed E-state index contributed by atoms with van der Waals surface area (Å²) in [6.45, 7) is 1.29. The molecule has 2 aromatic rings. The van der Waals surface area contributed by atoms with Gasteiger partial charge >= 0.3 is 0 Å². The Morgan fingerprint density at radius 2 is 1.92 bits per heavy atom. The maximum atomic E-state index is 11.9. The number of hydrogen-bond donors (Lipinski definition) is 0. The molecule has 1 aliphatic rings. The molecule has 6 nitrogen and oxygen atoms in total. The minimum Gasteiger partial charge on any atom is -0.493 e. The molecule has 0 saturated carbocycles. The first-order valence-electron chi connectivity index (χ1n) is 7.84. The Morgan fingerprint density at radius 3 is 2.68 bits per heavy atom. The van der Waals surface area contributed by atoms with E-state index in [9.17, 15) is 4.79 Å². The van der Waals surface area contributed by atoms with E-state index in [2.05, 4.69) is 6.07 Å². The normalized spacial score (nSPS) is 12.5. The lowest BCUT2D eigenvalue weighted by Gasteiger charge is -2.12. The fourth-order valence-corrected chi connectivity index (χ4v) is 2.70. The molecule has 2 aromatic carbocycles. The van der Waals surface area contributed by atoms with E-state index in [-0.39, 0.29) is 5.91 Å². The van der Waals surface area contributed by atoms with Gasteiger partial charge in [0.25, 0.3) is 5.91 Å². The summed E-state index contributed by atoms with van der Waals surface area (Å²) in [5.74, 6) is 1.82. The van der Waals surface area contributed by atoms with Crippen LogP contribution in [0.5, 0.6) is 17.2 Å². The number of amides is 1. The van der Waals surface area contributed by atoms with Crippen LogP contribution in [0.3, 0.4) is 0 Å². The number of fused-ring (bicyclic) bond motifs is 1. The number of nitriles is 1. The van der Waals surface area contributed by atoms with Crippen molar-refractivity contribution in [3.63, 3.8) is 0 Å². The van der Waals surface area contributed by atoms with Crippen LogP contribution in [0, 0.1) is 11.3 Å². The van der Waals surface area contributed by atoms with Gasteiger partial charge in [0.2, 0.25) is 0 Å². The first-order chi connectivity index (χ1) is 12.1. The quantitative estimate of drug-likeness (QED) is 0.757. The number of carbonyl (C=O) groups is 1. The van der Waals surface area contributed by atoms with Crippen LogP contribution in [-0.2, 0) is 6.54 Å². The Balaban J connectivity index is 1.55. The summed E-state index contributed by atoms with van der Waals surface area (Å²) in [7, 11) is 3.31. The first kappa shape index (κ1) is 16.7. The number of benzene rings is 2. The molecule has 0 aromatic heterocycles. The lowest BCUT2D eigenvalue weighted by Crippen LogP contribution is -2.17. The molecule has 25 heavy (non-hydrogen) atoms. The topological polar surface area (TPSA) is 71.8 Å². The predicted molar refractivity (Wildman–Crippen MR) is 90.9 cm³/mol. The summed E-state index contributed by atoms with van der Waals surface area (Å²) in [6.07, 6.45) is 0. The Morgan fingerprint density at radius 1 is 1.12 bits per heavy atom. The smallest absolute Gasteiger partial charge is 0.254 e. The van der Waals surface area contributed by atoms with Gasteiger partial charge in [-0.05, 0) is 35.9 Å². The molecule has 0 unspecified atom stereocenters. The van der Waals surface area contributed by atoms with Gasteiger partial charge in [-0.1, -0.05) is 0 Å². The van der Waals surface area contributed by atoms with Gasteiger partial charge in [-0.3, -0.25) is 4.79 Å². The average Bonchev–Trinajstić information content (AvgIpc) is 2.92. The number of methoxy groups -OCH3 is 1. The summed E-state index contributed by atoms with van der Waals surface area (Å²) in [5.41, 5.74) is 2.21. The Kier molecular flexibility index (Phi) is 4.75. The average molecular weight is 338 g/mol. The Labute approximate surface area is 146 Å². The molecule has 6 heteroatoms. The molecule has 0 atom stereocenters. The molecule has 1 amide bonds. The zero-order valence-electron chi connectivity index (χ0n) is 14.1. The molecule has 0 aliphatic carbocycles. The van der Waals surface area contributed by atoms with Gasteiger partial charge in [0.05, 0.1) is 18.7 Å². The molecule has 0 spiro atoms. The molecule has 1 aliphatic heterocycles. The third kappa shape index (κ3) is 3.50. The van der Waals surface area contributed by atoms with Crippen LogP contribution in [0.25, 0.3) is 0 Å². The van der Waals surface area contributed by atoms with Gasteiger partial charge in [0.1, 0.15) is 19.0 Å². The van der Waals surface area contributed by atoms with Gasteiger partial charge < -0.3 is 19.1 Å². The second-order valence-electron chi connectivity index (χ2n) is 5.65. The molecule has 0 fully saturated rings. The molecule has 3 rings (SSSR count). The molecular weight excluding hydrogens is 320 g/mol. The van der Waals surface area contributed by atoms with Crippen LogP contribution >= 0.6 is 0 Å². The van der Waals surface area contributed by atoms with Crippen molar-refractivity contribution in [1.29, 1.82) is 5.26 Å². The summed E-state index contributed by atoms with van der Waals surface area (Å²) in [5, 5.41) is 8.90. The van der Waals surface area contributed by atoms with Crippen molar-refractivity contribution < 1.29 is 19.0 Å². The van der Waals surface area contributed by atoms with E-state index in [1.54, 1.807) is 42.3 Å². The van der Waals surface area contributed by atoms with E-state index in [1.807, 2.05) is 6.07 Å². The Hall–Kier alpha value is -3.20. The molecule has 0 bridgehead atoms. The number of hydrogen-bond acceptors (Lipinski definition) is 5. The fourth-order valence-electron chi connectivity index (χ4n) is 2.70. The van der Waals surface area contributed by atoms with Crippen molar-refractivity contribution in [3.05, 3.63) is 53.1 Å². The van der Waals surface area contributed by atoms with Crippen LogP contribution in [0.2, 0.25) is 0 Å². The van der Waals surface area contributed by atoms with Crippen molar-refractivity contribution in [1.82, 2.24) is 4.90 Å². The number of nitrogens with zero attached hydrogens (tertiary/aromatic N) is 2. The van der Waals surface area contributed by atoms with Crippen molar-refractivity contribution in [2.24, 2.45) is 0 Å². The van der Waals surface area contributed by atoms with E-state index < -0.39 is 0 Å². The maximum absolute atomic E-state index is 11.9. The van der Waals surface area contributed by atoms with Gasteiger partial charge in [0, 0.05) is 25.2 Å². The number of ether oxygens (including phenoxy) is 3. The molecule has 0 saturated heterocycles. The van der Waals surface area contributed by atoms with E-state index in [4.69, 9.17) is 19.5 Å². The summed E-state index contributed by atoms with van der Waals surface area (Å²) in [6, 6.07) is 12.5. The second kappa shape index (κ2) is 7.14. The minimum atomic E-state index is 0.0396. The van der Waals surface area contributed by atoms with Crippen LogP contribution in [-0.4, -0.2) is 38.2 Å². The van der Waals surface area contributed by atoms with Crippen LogP contribution in [0.4, 0.5) is 0 Å². The molecule has 0 N–H and O–H groups in total. The highest BCUT2D eigenvalue weighted by molar-refractivity contribution is 5.98. The standard InChI is InChI=1S/C19H18N2O4/c1-21-12-14-10-15(4-5-16(14)19(21)22)24-7-8-25-17-6-3-13(11-20)9-18(17)23-2/h3-6,9-10H,7-8,12H2,1-2H3. The van der Waals surface area contributed by atoms with Crippen LogP contribution in [0.1, 0.15) is 21.5 Å². The highest BCUT2D eigenvalue weighted by Gasteiger charge is 2.24. The highest BCUT2D eigenvalue weighted by Crippen LogP contribution is 2.28. The summed E-state index contributed by atoms with van der Waals surface area (Å²) in [4.78, 5) is 13.5. The first-order valence-corrected chi connectivity index (χ1v) is 7.84. The third-order valence-electron chi connectivity index (χ3n) is 3.96. The van der Waals surface area contributed by atoms with Crippen LogP contribution in [0.15, 0.2) is 36.4 Å². The SMILES string of the molecule is COc1cc(C#N)ccc1OCCOc1ccc2c(c1)CN(C)C2=O. The summed E-state index contributed by atoms with van der Waals surface area (Å²) >= 11 is 0. The van der Waals surface area contributed by atoms with Gasteiger partial charge in [-0.2, -0.15) is 5.26 Å². The van der Waals surface area contributed by atoms with Crippen molar-refractivity contribution in [3.8, 4) is 23.3 Å². The van der Waals surface area contributed by atoms with Gasteiger partial charge in [0.15, 0.2) is 11.5 Å². The zero-order valence-corrected chi connectivity index (χ0v) is 14.1.